The highest BCUT2D eigenvalue weighted by Crippen LogP contribution is 2.36. The standard InChI is InChI=1S/C20H24O4S/c1-17-9-11-19(12-10-17)25(21,22)24-20(13-5-6-14-20)16-23-15-18-7-3-2-4-8-18/h2-4,7-12H,5-6,13-16H2,1H3. The van der Waals surface area contributed by atoms with Crippen LogP contribution in [-0.2, 0) is 25.6 Å². The Morgan fingerprint density at radius 1 is 0.960 bits per heavy atom. The molecule has 5 heteroatoms. The summed E-state index contributed by atoms with van der Waals surface area (Å²) in [5.41, 5.74) is 1.33. The van der Waals surface area contributed by atoms with Crippen molar-refractivity contribution < 1.29 is 17.3 Å². The van der Waals surface area contributed by atoms with Crippen LogP contribution in [-0.4, -0.2) is 20.6 Å². The molecule has 2 aromatic carbocycles. The van der Waals surface area contributed by atoms with Crippen molar-refractivity contribution in [3.8, 4) is 0 Å². The third-order valence-electron chi connectivity index (χ3n) is 4.59. The van der Waals surface area contributed by atoms with Crippen LogP contribution in [0.5, 0.6) is 0 Å². The van der Waals surface area contributed by atoms with Gasteiger partial charge in [-0.05, 0) is 37.5 Å². The Hall–Kier alpha value is -1.69. The van der Waals surface area contributed by atoms with Crippen LogP contribution in [0.2, 0.25) is 0 Å². The van der Waals surface area contributed by atoms with Gasteiger partial charge in [-0.2, -0.15) is 8.42 Å². The molecule has 3 rings (SSSR count). The molecule has 4 nitrogen and oxygen atoms in total. The van der Waals surface area contributed by atoms with Crippen molar-refractivity contribution in [2.24, 2.45) is 0 Å². The Kier molecular flexibility index (Phi) is 5.57. The molecule has 0 amide bonds. The van der Waals surface area contributed by atoms with Gasteiger partial charge >= 0.3 is 0 Å². The smallest absolute Gasteiger partial charge is 0.297 e. The average Bonchev–Trinajstić information content (AvgIpc) is 3.04. The minimum absolute atomic E-state index is 0.201. The van der Waals surface area contributed by atoms with Gasteiger partial charge in [0.1, 0.15) is 5.60 Å². The maximum Gasteiger partial charge on any atom is 0.297 e. The second-order valence-corrected chi connectivity index (χ2v) is 8.27. The number of rotatable bonds is 7. The fourth-order valence-electron chi connectivity index (χ4n) is 3.19. The molecule has 0 saturated heterocycles. The summed E-state index contributed by atoms with van der Waals surface area (Å²) in [7, 11) is -3.79. The van der Waals surface area contributed by atoms with Crippen molar-refractivity contribution in [3.63, 3.8) is 0 Å². The Morgan fingerprint density at radius 3 is 2.24 bits per heavy atom. The number of aryl methyl sites for hydroxylation is 1. The van der Waals surface area contributed by atoms with Crippen LogP contribution >= 0.6 is 0 Å². The molecule has 0 atom stereocenters. The first kappa shape index (κ1) is 18.1. The lowest BCUT2D eigenvalue weighted by atomic mass is 10.0. The Labute approximate surface area is 149 Å². The van der Waals surface area contributed by atoms with Crippen LogP contribution in [0, 0.1) is 6.92 Å². The first-order valence-corrected chi connectivity index (χ1v) is 10.0. The van der Waals surface area contributed by atoms with Crippen molar-refractivity contribution in [2.45, 2.75) is 49.7 Å². The normalized spacial score (nSPS) is 16.8. The summed E-state index contributed by atoms with van der Waals surface area (Å²) >= 11 is 0. The van der Waals surface area contributed by atoms with E-state index in [2.05, 4.69) is 0 Å². The van der Waals surface area contributed by atoms with E-state index in [1.54, 1.807) is 24.3 Å². The molecule has 134 valence electrons. The van der Waals surface area contributed by atoms with Crippen molar-refractivity contribution in [2.75, 3.05) is 6.61 Å². The van der Waals surface area contributed by atoms with Crippen LogP contribution in [0.1, 0.15) is 36.8 Å². The van der Waals surface area contributed by atoms with Gasteiger partial charge in [-0.1, -0.05) is 60.9 Å². The molecule has 25 heavy (non-hydrogen) atoms. The maximum absolute atomic E-state index is 12.7. The van der Waals surface area contributed by atoms with Crippen LogP contribution in [0.4, 0.5) is 0 Å². The van der Waals surface area contributed by atoms with Gasteiger partial charge in [0, 0.05) is 0 Å². The highest BCUT2D eigenvalue weighted by molar-refractivity contribution is 7.86. The van der Waals surface area contributed by atoms with Crippen molar-refractivity contribution in [3.05, 3.63) is 65.7 Å². The van der Waals surface area contributed by atoms with Gasteiger partial charge in [0.25, 0.3) is 10.1 Å². The summed E-state index contributed by atoms with van der Waals surface area (Å²) in [5, 5.41) is 0. The zero-order chi connectivity index (χ0) is 17.8. The van der Waals surface area contributed by atoms with Crippen molar-refractivity contribution in [1.29, 1.82) is 0 Å². The molecular weight excluding hydrogens is 336 g/mol. The Balaban J connectivity index is 1.68. The van der Waals surface area contributed by atoms with Crippen LogP contribution in [0.15, 0.2) is 59.5 Å². The van der Waals surface area contributed by atoms with Gasteiger partial charge in [0.15, 0.2) is 0 Å². The molecule has 0 aliphatic heterocycles. The van der Waals surface area contributed by atoms with Gasteiger partial charge in [0.05, 0.1) is 18.1 Å². The molecule has 0 spiro atoms. The van der Waals surface area contributed by atoms with Gasteiger partial charge < -0.3 is 4.74 Å². The lowest BCUT2D eigenvalue weighted by Crippen LogP contribution is -2.37. The Morgan fingerprint density at radius 2 is 1.60 bits per heavy atom. The van der Waals surface area contributed by atoms with Crippen LogP contribution < -0.4 is 0 Å². The molecule has 0 aromatic heterocycles. The predicted molar refractivity (Wildman–Crippen MR) is 96.7 cm³/mol. The van der Waals surface area contributed by atoms with E-state index in [9.17, 15) is 8.42 Å². The number of benzene rings is 2. The molecular formula is C20H24O4S. The number of ether oxygens (including phenoxy) is 1. The monoisotopic (exact) mass is 360 g/mol. The molecule has 0 N–H and O–H groups in total. The van der Waals surface area contributed by atoms with E-state index >= 15 is 0 Å². The minimum atomic E-state index is -3.79. The summed E-state index contributed by atoms with van der Waals surface area (Å²) in [4.78, 5) is 0.201. The second-order valence-electron chi connectivity index (χ2n) is 6.72. The van der Waals surface area contributed by atoms with Gasteiger partial charge in [-0.25, -0.2) is 0 Å². The summed E-state index contributed by atoms with van der Waals surface area (Å²) in [6, 6.07) is 16.6. The molecule has 0 unspecified atom stereocenters. The summed E-state index contributed by atoms with van der Waals surface area (Å²) in [6.45, 7) is 2.66. The van der Waals surface area contributed by atoms with Gasteiger partial charge in [-0.3, -0.25) is 4.18 Å². The molecule has 1 saturated carbocycles. The third-order valence-corrected chi connectivity index (χ3v) is 6.01. The quantitative estimate of drug-likeness (QED) is 0.694. The molecule has 0 radical (unpaired) electrons. The number of hydrogen-bond donors (Lipinski definition) is 0. The fourth-order valence-corrected chi connectivity index (χ4v) is 4.43. The van der Waals surface area contributed by atoms with E-state index in [0.29, 0.717) is 19.4 Å². The molecule has 2 aromatic rings. The highest BCUT2D eigenvalue weighted by Gasteiger charge is 2.40. The van der Waals surface area contributed by atoms with Gasteiger partial charge in [0.2, 0.25) is 0 Å². The van der Waals surface area contributed by atoms with E-state index < -0.39 is 15.7 Å². The fraction of sp³-hybridized carbons (Fsp3) is 0.400. The van der Waals surface area contributed by atoms with Crippen molar-refractivity contribution >= 4 is 10.1 Å². The molecule has 1 aliphatic rings. The third kappa shape index (κ3) is 4.69. The zero-order valence-electron chi connectivity index (χ0n) is 14.5. The van der Waals surface area contributed by atoms with E-state index in [1.165, 1.54) is 0 Å². The van der Waals surface area contributed by atoms with E-state index in [-0.39, 0.29) is 11.5 Å². The zero-order valence-corrected chi connectivity index (χ0v) is 15.3. The summed E-state index contributed by atoms with van der Waals surface area (Å²) < 4.78 is 36.8. The topological polar surface area (TPSA) is 52.6 Å². The molecule has 0 bridgehead atoms. The molecule has 0 heterocycles. The molecule has 1 aliphatic carbocycles. The average molecular weight is 360 g/mol. The first-order chi connectivity index (χ1) is 12.0. The van der Waals surface area contributed by atoms with Crippen molar-refractivity contribution in [1.82, 2.24) is 0 Å². The van der Waals surface area contributed by atoms with E-state index in [0.717, 1.165) is 24.0 Å². The minimum Gasteiger partial charge on any atom is -0.374 e. The lowest BCUT2D eigenvalue weighted by molar-refractivity contribution is -0.0251. The first-order valence-electron chi connectivity index (χ1n) is 8.63. The second kappa shape index (κ2) is 7.68. The highest BCUT2D eigenvalue weighted by atomic mass is 32.2. The van der Waals surface area contributed by atoms with E-state index in [1.807, 2.05) is 37.3 Å². The van der Waals surface area contributed by atoms with E-state index in [4.69, 9.17) is 8.92 Å². The van der Waals surface area contributed by atoms with Crippen LogP contribution in [0.3, 0.4) is 0 Å². The predicted octanol–water partition coefficient (Wildman–Crippen LogP) is 4.23. The SMILES string of the molecule is Cc1ccc(S(=O)(=O)OC2(COCc3ccccc3)CCCC2)cc1. The summed E-state index contributed by atoms with van der Waals surface area (Å²) in [5.74, 6) is 0. The van der Waals surface area contributed by atoms with Crippen LogP contribution in [0.25, 0.3) is 0 Å². The lowest BCUT2D eigenvalue weighted by Gasteiger charge is -2.28. The number of hydrogen-bond acceptors (Lipinski definition) is 4. The van der Waals surface area contributed by atoms with Gasteiger partial charge in [-0.15, -0.1) is 0 Å². The Bertz CT molecular complexity index is 776. The summed E-state index contributed by atoms with van der Waals surface area (Å²) in [6.07, 6.45) is 3.32. The molecule has 1 fully saturated rings. The largest absolute Gasteiger partial charge is 0.374 e. The maximum atomic E-state index is 12.7.